The van der Waals surface area contributed by atoms with Crippen molar-refractivity contribution in [3.05, 3.63) is 6.33 Å². The normalized spacial score (nSPS) is 22.0. The molecular weight excluding hydrogens is 280 g/mol. The van der Waals surface area contributed by atoms with Crippen LogP contribution in [0.4, 0.5) is 17.3 Å². The van der Waals surface area contributed by atoms with Crippen LogP contribution in [-0.4, -0.2) is 91.2 Å². The third-order valence-electron chi connectivity index (χ3n) is 4.43. The summed E-state index contributed by atoms with van der Waals surface area (Å²) in [5.41, 5.74) is 10.3. The van der Waals surface area contributed by atoms with Gasteiger partial charge in [0.2, 0.25) is 0 Å². The Morgan fingerprint density at radius 3 is 2.14 bits per heavy atom. The summed E-state index contributed by atoms with van der Waals surface area (Å²) in [6, 6.07) is 0. The molecule has 1 aromatic rings. The van der Waals surface area contributed by atoms with Crippen LogP contribution in [0, 0.1) is 0 Å². The van der Waals surface area contributed by atoms with Gasteiger partial charge < -0.3 is 25.9 Å². The minimum atomic E-state index is 0.644. The SMILES string of the molecule is CN1CCN(Nc2ncnc(N3CCN(C)CC3)c2N)CC1. The lowest BCUT2D eigenvalue weighted by molar-refractivity contribution is 0.178. The lowest BCUT2D eigenvalue weighted by Crippen LogP contribution is -2.47. The first-order valence-corrected chi connectivity index (χ1v) is 7.87. The van der Waals surface area contributed by atoms with Gasteiger partial charge >= 0.3 is 0 Å². The smallest absolute Gasteiger partial charge is 0.169 e. The van der Waals surface area contributed by atoms with E-state index in [1.54, 1.807) is 6.33 Å². The summed E-state index contributed by atoms with van der Waals surface area (Å²) in [5.74, 6) is 1.56. The molecule has 0 radical (unpaired) electrons. The van der Waals surface area contributed by atoms with Crippen molar-refractivity contribution in [3.8, 4) is 0 Å². The first-order chi connectivity index (χ1) is 10.6. The number of nitrogen functional groups attached to an aromatic ring is 1. The third-order valence-corrected chi connectivity index (χ3v) is 4.43. The molecule has 8 nitrogen and oxygen atoms in total. The van der Waals surface area contributed by atoms with E-state index in [1.165, 1.54) is 0 Å². The van der Waals surface area contributed by atoms with Gasteiger partial charge in [-0.05, 0) is 14.1 Å². The van der Waals surface area contributed by atoms with E-state index >= 15 is 0 Å². The van der Waals surface area contributed by atoms with E-state index in [1.807, 2.05) is 0 Å². The molecule has 3 heterocycles. The first kappa shape index (κ1) is 15.3. The van der Waals surface area contributed by atoms with Crippen LogP contribution in [0.15, 0.2) is 6.33 Å². The van der Waals surface area contributed by atoms with E-state index in [9.17, 15) is 0 Å². The van der Waals surface area contributed by atoms with E-state index in [0.29, 0.717) is 11.5 Å². The second-order valence-electron chi connectivity index (χ2n) is 6.15. The zero-order valence-electron chi connectivity index (χ0n) is 13.5. The molecule has 0 amide bonds. The van der Waals surface area contributed by atoms with Crippen LogP contribution < -0.4 is 16.1 Å². The van der Waals surface area contributed by atoms with E-state index in [2.05, 4.69) is 49.2 Å². The van der Waals surface area contributed by atoms with Crippen molar-refractivity contribution in [1.82, 2.24) is 24.8 Å². The van der Waals surface area contributed by atoms with Gasteiger partial charge in [-0.15, -0.1) is 0 Å². The number of rotatable bonds is 3. The summed E-state index contributed by atoms with van der Waals surface area (Å²) in [7, 11) is 4.28. The largest absolute Gasteiger partial charge is 0.393 e. The van der Waals surface area contributed by atoms with Crippen LogP contribution in [0.1, 0.15) is 0 Å². The summed E-state index contributed by atoms with van der Waals surface area (Å²) < 4.78 is 0. The molecule has 0 saturated carbocycles. The van der Waals surface area contributed by atoms with Gasteiger partial charge in [0.1, 0.15) is 12.0 Å². The summed E-state index contributed by atoms with van der Waals surface area (Å²) in [6.45, 7) is 7.98. The van der Waals surface area contributed by atoms with E-state index in [-0.39, 0.29) is 0 Å². The van der Waals surface area contributed by atoms with Gasteiger partial charge in [0.15, 0.2) is 11.6 Å². The molecule has 0 unspecified atom stereocenters. The van der Waals surface area contributed by atoms with Crippen molar-refractivity contribution in [2.75, 3.05) is 82.5 Å². The maximum atomic E-state index is 6.31. The van der Waals surface area contributed by atoms with Crippen molar-refractivity contribution < 1.29 is 0 Å². The maximum absolute atomic E-state index is 6.31. The molecule has 2 fully saturated rings. The van der Waals surface area contributed by atoms with Crippen molar-refractivity contribution in [2.24, 2.45) is 0 Å². The second kappa shape index (κ2) is 6.64. The topological polar surface area (TPSA) is 76.8 Å². The monoisotopic (exact) mass is 306 g/mol. The van der Waals surface area contributed by atoms with Crippen LogP contribution in [0.25, 0.3) is 0 Å². The summed E-state index contributed by atoms with van der Waals surface area (Å²) >= 11 is 0. The van der Waals surface area contributed by atoms with Crippen LogP contribution >= 0.6 is 0 Å². The standard InChI is InChI=1S/C14H26N8/c1-19-3-7-21(8-4-19)14-12(15)13(16-11-17-14)18-22-9-5-20(2)6-10-22/h11H,3-10,15H2,1-2H3,(H,16,17,18). The highest BCUT2D eigenvalue weighted by Gasteiger charge is 2.21. The maximum Gasteiger partial charge on any atom is 0.169 e. The molecule has 22 heavy (non-hydrogen) atoms. The van der Waals surface area contributed by atoms with Crippen LogP contribution in [-0.2, 0) is 0 Å². The second-order valence-corrected chi connectivity index (χ2v) is 6.15. The number of nitrogens with two attached hydrogens (primary N) is 1. The van der Waals surface area contributed by atoms with Gasteiger partial charge in [-0.3, -0.25) is 0 Å². The Balaban J connectivity index is 1.69. The molecule has 3 N–H and O–H groups in total. The van der Waals surface area contributed by atoms with Crippen molar-refractivity contribution >= 4 is 17.3 Å². The summed E-state index contributed by atoms with van der Waals surface area (Å²) in [6.07, 6.45) is 1.60. The first-order valence-electron chi connectivity index (χ1n) is 7.87. The predicted molar refractivity (Wildman–Crippen MR) is 88.8 cm³/mol. The average Bonchev–Trinajstić information content (AvgIpc) is 2.53. The van der Waals surface area contributed by atoms with E-state index < -0.39 is 0 Å². The molecule has 0 bridgehead atoms. The fourth-order valence-electron chi connectivity index (χ4n) is 2.81. The number of hydrazine groups is 1. The number of hydrogen-bond donors (Lipinski definition) is 2. The van der Waals surface area contributed by atoms with E-state index in [0.717, 1.165) is 58.2 Å². The Labute approximate surface area is 131 Å². The summed E-state index contributed by atoms with van der Waals surface area (Å²) in [4.78, 5) is 15.6. The minimum absolute atomic E-state index is 0.644. The van der Waals surface area contributed by atoms with Gasteiger partial charge in [0.05, 0.1) is 0 Å². The zero-order chi connectivity index (χ0) is 15.5. The van der Waals surface area contributed by atoms with Crippen molar-refractivity contribution in [2.45, 2.75) is 0 Å². The quantitative estimate of drug-likeness (QED) is 0.765. The number of piperazine rings is 2. The number of nitrogens with zero attached hydrogens (tertiary/aromatic N) is 6. The highest BCUT2D eigenvalue weighted by molar-refractivity contribution is 5.74. The Morgan fingerprint density at radius 1 is 0.909 bits per heavy atom. The number of likely N-dealkylation sites (N-methyl/N-ethyl adjacent to an activating group) is 2. The molecule has 8 heteroatoms. The fourth-order valence-corrected chi connectivity index (χ4v) is 2.81. The highest BCUT2D eigenvalue weighted by Crippen LogP contribution is 2.27. The summed E-state index contributed by atoms with van der Waals surface area (Å²) in [5, 5.41) is 2.17. The minimum Gasteiger partial charge on any atom is -0.393 e. The molecule has 0 spiro atoms. The van der Waals surface area contributed by atoms with Crippen molar-refractivity contribution in [1.29, 1.82) is 0 Å². The average molecular weight is 306 g/mol. The number of nitrogens with one attached hydrogen (secondary N) is 1. The van der Waals surface area contributed by atoms with Gasteiger partial charge in [0, 0.05) is 52.4 Å². The molecule has 0 aromatic carbocycles. The van der Waals surface area contributed by atoms with Gasteiger partial charge in [-0.1, -0.05) is 0 Å². The zero-order valence-corrected chi connectivity index (χ0v) is 13.5. The van der Waals surface area contributed by atoms with Crippen LogP contribution in [0.3, 0.4) is 0 Å². The molecule has 2 saturated heterocycles. The molecule has 1 aromatic heterocycles. The lowest BCUT2D eigenvalue weighted by Gasteiger charge is -2.35. The molecule has 0 aliphatic carbocycles. The molecule has 2 aliphatic heterocycles. The number of aromatic nitrogens is 2. The Morgan fingerprint density at radius 2 is 1.50 bits per heavy atom. The Hall–Kier alpha value is -1.64. The molecular formula is C14H26N8. The number of anilines is 3. The molecule has 2 aliphatic rings. The molecule has 122 valence electrons. The van der Waals surface area contributed by atoms with Gasteiger partial charge in [-0.25, -0.2) is 15.0 Å². The Kier molecular flexibility index (Phi) is 4.60. The van der Waals surface area contributed by atoms with Crippen LogP contribution in [0.5, 0.6) is 0 Å². The van der Waals surface area contributed by atoms with Gasteiger partial charge in [0.25, 0.3) is 0 Å². The lowest BCUT2D eigenvalue weighted by atomic mass is 10.3. The third kappa shape index (κ3) is 3.40. The highest BCUT2D eigenvalue weighted by atomic mass is 15.5. The van der Waals surface area contributed by atoms with Crippen LogP contribution in [0.2, 0.25) is 0 Å². The predicted octanol–water partition coefficient (Wildman–Crippen LogP) is -0.615. The molecule has 0 atom stereocenters. The molecule has 3 rings (SSSR count). The fraction of sp³-hybridized carbons (Fsp3) is 0.714. The van der Waals surface area contributed by atoms with E-state index in [4.69, 9.17) is 5.73 Å². The van der Waals surface area contributed by atoms with Gasteiger partial charge in [-0.2, -0.15) is 0 Å². The number of hydrogen-bond acceptors (Lipinski definition) is 8. The van der Waals surface area contributed by atoms with Crippen molar-refractivity contribution in [3.63, 3.8) is 0 Å². The Bertz CT molecular complexity index is 492.